The van der Waals surface area contributed by atoms with Crippen LogP contribution in [0.2, 0.25) is 0 Å². The number of aryl methyl sites for hydroxylation is 1. The molecule has 5 heteroatoms. The Kier molecular flexibility index (Phi) is 5.18. The zero-order valence-electron chi connectivity index (χ0n) is 15.7. The van der Waals surface area contributed by atoms with E-state index in [1.165, 1.54) is 0 Å². The number of methoxy groups -OCH3 is 2. The average molecular weight is 355 g/mol. The van der Waals surface area contributed by atoms with Gasteiger partial charge in [-0.3, -0.25) is 4.79 Å². The molecule has 0 fully saturated rings. The molecule has 0 spiro atoms. The minimum absolute atomic E-state index is 0.0741. The Bertz CT molecular complexity index is 1000. The minimum atomic E-state index is -0.663. The Morgan fingerprint density at radius 1 is 1.08 bits per heavy atom. The van der Waals surface area contributed by atoms with Crippen LogP contribution in [-0.4, -0.2) is 23.9 Å². The molecule has 2 aromatic carbocycles. The standard InChI is InChI=1S/C21H25NO4/c1-5-6-10-22-20-14(13(2)23)8-7-9-15(20)16-11-18(25-3)19(26-4)12-17(16)21(22)24/h7-9,11-13,23H,5-6,10H2,1-4H3. The number of aromatic nitrogens is 1. The first kappa shape index (κ1) is 18.3. The predicted molar refractivity (Wildman–Crippen MR) is 104 cm³/mol. The Morgan fingerprint density at radius 2 is 1.73 bits per heavy atom. The van der Waals surface area contributed by atoms with Crippen molar-refractivity contribution in [2.75, 3.05) is 14.2 Å². The molecule has 0 saturated heterocycles. The number of nitrogens with zero attached hydrogens (tertiary/aromatic N) is 1. The number of aliphatic hydroxyl groups excluding tert-OH is 1. The van der Waals surface area contributed by atoms with Gasteiger partial charge >= 0.3 is 0 Å². The molecule has 1 heterocycles. The maximum Gasteiger partial charge on any atom is 0.259 e. The number of para-hydroxylation sites is 1. The highest BCUT2D eigenvalue weighted by Crippen LogP contribution is 2.35. The van der Waals surface area contributed by atoms with E-state index in [1.807, 2.05) is 24.3 Å². The van der Waals surface area contributed by atoms with Crippen LogP contribution in [0.4, 0.5) is 0 Å². The lowest BCUT2D eigenvalue weighted by Crippen LogP contribution is -2.22. The van der Waals surface area contributed by atoms with Crippen LogP contribution in [0.3, 0.4) is 0 Å². The van der Waals surface area contributed by atoms with Crippen molar-refractivity contribution in [2.24, 2.45) is 0 Å². The summed E-state index contributed by atoms with van der Waals surface area (Å²) < 4.78 is 12.6. The van der Waals surface area contributed by atoms with Gasteiger partial charge in [-0.25, -0.2) is 0 Å². The molecule has 5 nitrogen and oxygen atoms in total. The summed E-state index contributed by atoms with van der Waals surface area (Å²) in [6.45, 7) is 4.43. The number of aliphatic hydroxyl groups is 1. The van der Waals surface area contributed by atoms with Crippen molar-refractivity contribution in [3.8, 4) is 11.5 Å². The largest absolute Gasteiger partial charge is 0.493 e. The first-order valence-electron chi connectivity index (χ1n) is 8.92. The second-order valence-corrected chi connectivity index (χ2v) is 6.48. The summed E-state index contributed by atoms with van der Waals surface area (Å²) in [6.07, 6.45) is 1.21. The van der Waals surface area contributed by atoms with E-state index < -0.39 is 6.10 Å². The molecule has 3 rings (SSSR count). The SMILES string of the molecule is CCCCn1c(=O)c2cc(OC)c(OC)cc2c2cccc(C(C)O)c21. The highest BCUT2D eigenvalue weighted by atomic mass is 16.5. The number of ether oxygens (including phenoxy) is 2. The van der Waals surface area contributed by atoms with Gasteiger partial charge in [-0.15, -0.1) is 0 Å². The van der Waals surface area contributed by atoms with Crippen LogP contribution in [0.5, 0.6) is 11.5 Å². The van der Waals surface area contributed by atoms with Gasteiger partial charge in [-0.1, -0.05) is 31.5 Å². The third kappa shape index (κ3) is 2.92. The third-order valence-electron chi connectivity index (χ3n) is 4.81. The summed E-state index contributed by atoms with van der Waals surface area (Å²) in [5.74, 6) is 1.11. The van der Waals surface area contributed by atoms with Crippen molar-refractivity contribution in [3.63, 3.8) is 0 Å². The van der Waals surface area contributed by atoms with Crippen molar-refractivity contribution in [1.82, 2.24) is 4.57 Å². The molecule has 1 aromatic heterocycles. The normalized spacial score (nSPS) is 12.5. The molecule has 0 aliphatic carbocycles. The van der Waals surface area contributed by atoms with Crippen LogP contribution in [0.15, 0.2) is 35.1 Å². The smallest absolute Gasteiger partial charge is 0.259 e. The first-order chi connectivity index (χ1) is 12.5. The summed E-state index contributed by atoms with van der Waals surface area (Å²) in [6, 6.07) is 9.36. The highest BCUT2D eigenvalue weighted by molar-refractivity contribution is 6.07. The van der Waals surface area contributed by atoms with E-state index in [4.69, 9.17) is 9.47 Å². The van der Waals surface area contributed by atoms with Crippen LogP contribution in [0.1, 0.15) is 38.4 Å². The molecule has 0 amide bonds. The number of hydrogen-bond acceptors (Lipinski definition) is 4. The number of rotatable bonds is 6. The van der Waals surface area contributed by atoms with Gasteiger partial charge < -0.3 is 19.1 Å². The van der Waals surface area contributed by atoms with Gasteiger partial charge in [-0.2, -0.15) is 0 Å². The Labute approximate surface area is 152 Å². The van der Waals surface area contributed by atoms with Crippen LogP contribution in [0.25, 0.3) is 21.7 Å². The summed E-state index contributed by atoms with van der Waals surface area (Å²) in [7, 11) is 3.14. The minimum Gasteiger partial charge on any atom is -0.493 e. The van der Waals surface area contributed by atoms with Gasteiger partial charge in [0.1, 0.15) is 0 Å². The first-order valence-corrected chi connectivity index (χ1v) is 8.92. The number of unbranched alkanes of at least 4 members (excludes halogenated alkanes) is 1. The Morgan fingerprint density at radius 3 is 2.31 bits per heavy atom. The second kappa shape index (κ2) is 7.38. The zero-order chi connectivity index (χ0) is 18.8. The van der Waals surface area contributed by atoms with E-state index in [0.29, 0.717) is 23.4 Å². The molecule has 0 bridgehead atoms. The van der Waals surface area contributed by atoms with Crippen molar-refractivity contribution in [1.29, 1.82) is 0 Å². The third-order valence-corrected chi connectivity index (χ3v) is 4.81. The van der Waals surface area contributed by atoms with Crippen molar-refractivity contribution in [2.45, 2.75) is 39.3 Å². The van der Waals surface area contributed by atoms with Crippen LogP contribution < -0.4 is 15.0 Å². The Balaban J connectivity index is 2.52. The highest BCUT2D eigenvalue weighted by Gasteiger charge is 2.18. The lowest BCUT2D eigenvalue weighted by atomic mass is 9.99. The van der Waals surface area contributed by atoms with E-state index >= 15 is 0 Å². The number of benzene rings is 2. The summed E-state index contributed by atoms with van der Waals surface area (Å²) in [4.78, 5) is 13.3. The summed E-state index contributed by atoms with van der Waals surface area (Å²) >= 11 is 0. The molecule has 3 aromatic rings. The van der Waals surface area contributed by atoms with Crippen LogP contribution >= 0.6 is 0 Å². The quantitative estimate of drug-likeness (QED) is 0.678. The van der Waals surface area contributed by atoms with Gasteiger partial charge in [0.25, 0.3) is 5.56 Å². The second-order valence-electron chi connectivity index (χ2n) is 6.48. The lowest BCUT2D eigenvalue weighted by molar-refractivity contribution is 0.200. The Hall–Kier alpha value is -2.53. The lowest BCUT2D eigenvalue weighted by Gasteiger charge is -2.18. The number of pyridine rings is 1. The van der Waals surface area contributed by atoms with Gasteiger partial charge in [0.2, 0.25) is 0 Å². The maximum atomic E-state index is 13.3. The molecule has 0 saturated carbocycles. The van der Waals surface area contributed by atoms with E-state index in [-0.39, 0.29) is 5.56 Å². The fraction of sp³-hybridized carbons (Fsp3) is 0.381. The molecule has 138 valence electrons. The zero-order valence-corrected chi connectivity index (χ0v) is 15.7. The fourth-order valence-electron chi connectivity index (χ4n) is 3.47. The van der Waals surface area contributed by atoms with Gasteiger partial charge in [0.05, 0.1) is 31.2 Å². The van der Waals surface area contributed by atoms with E-state index in [2.05, 4.69) is 6.92 Å². The predicted octanol–water partition coefficient (Wildman–Crippen LogP) is 4.03. The van der Waals surface area contributed by atoms with Crippen molar-refractivity contribution >= 4 is 21.7 Å². The number of fused-ring (bicyclic) bond motifs is 3. The molecule has 0 aliphatic heterocycles. The van der Waals surface area contributed by atoms with Crippen molar-refractivity contribution in [3.05, 3.63) is 46.2 Å². The number of hydrogen-bond donors (Lipinski definition) is 1. The van der Waals surface area contributed by atoms with Gasteiger partial charge in [-0.05, 0) is 25.5 Å². The van der Waals surface area contributed by atoms with Gasteiger partial charge in [0, 0.05) is 22.9 Å². The van der Waals surface area contributed by atoms with E-state index in [1.54, 1.807) is 31.8 Å². The van der Waals surface area contributed by atoms with Crippen LogP contribution in [-0.2, 0) is 6.54 Å². The fourth-order valence-corrected chi connectivity index (χ4v) is 3.47. The monoisotopic (exact) mass is 355 g/mol. The summed E-state index contributed by atoms with van der Waals surface area (Å²) in [5.41, 5.74) is 1.48. The van der Waals surface area contributed by atoms with Crippen LogP contribution in [0, 0.1) is 0 Å². The van der Waals surface area contributed by atoms with E-state index in [9.17, 15) is 9.90 Å². The molecule has 0 radical (unpaired) electrons. The molecule has 1 atom stereocenters. The molecular formula is C21H25NO4. The average Bonchev–Trinajstić information content (AvgIpc) is 2.66. The molecule has 0 aliphatic rings. The van der Waals surface area contributed by atoms with Crippen molar-refractivity contribution < 1.29 is 14.6 Å². The van der Waals surface area contributed by atoms with Gasteiger partial charge in [0.15, 0.2) is 11.5 Å². The maximum absolute atomic E-state index is 13.3. The topological polar surface area (TPSA) is 60.7 Å². The molecule has 26 heavy (non-hydrogen) atoms. The summed E-state index contributed by atoms with van der Waals surface area (Å²) in [5, 5.41) is 12.6. The molecule has 1 N–H and O–H groups in total. The van der Waals surface area contributed by atoms with E-state index in [0.717, 1.165) is 34.7 Å². The molecule has 1 unspecified atom stereocenters. The molecular weight excluding hydrogens is 330 g/mol.